The monoisotopic (exact) mass is 307 g/mol. The van der Waals surface area contributed by atoms with E-state index in [0.717, 1.165) is 12.8 Å². The molecule has 1 fully saturated rings. The number of allylic oxidation sites excluding steroid dienone is 3. The Morgan fingerprint density at radius 2 is 1.71 bits per heavy atom. The predicted octanol–water partition coefficient (Wildman–Crippen LogP) is 3.44. The van der Waals surface area contributed by atoms with Gasteiger partial charge in [0.05, 0.1) is 0 Å². The molecule has 1 aliphatic rings. The molecular formula is C14H23NV2. The second-order valence-electron chi connectivity index (χ2n) is 3.19. The van der Waals surface area contributed by atoms with Crippen LogP contribution in [0.5, 0.6) is 0 Å². The van der Waals surface area contributed by atoms with Crippen molar-refractivity contribution in [2.45, 2.75) is 41.0 Å². The van der Waals surface area contributed by atoms with Crippen molar-refractivity contribution >= 4 is 8.70 Å². The molecule has 1 aliphatic heterocycles. The minimum Gasteiger partial charge on any atom is -0.0683 e. The Bertz CT molecular complexity index is 338. The van der Waals surface area contributed by atoms with Crippen molar-refractivity contribution in [3.05, 3.63) is 36.0 Å². The number of rotatable bonds is 1. The van der Waals surface area contributed by atoms with Gasteiger partial charge in [0.25, 0.3) is 0 Å². The Hall–Kier alpha value is 0.0888. The summed E-state index contributed by atoms with van der Waals surface area (Å²) >= 11 is 5.15. The van der Waals surface area contributed by atoms with Crippen molar-refractivity contribution in [1.29, 1.82) is 0 Å². The summed E-state index contributed by atoms with van der Waals surface area (Å²) in [4.78, 5) is 0. The summed E-state index contributed by atoms with van der Waals surface area (Å²) in [7, 11) is 0. The van der Waals surface area contributed by atoms with Gasteiger partial charge in [-0.15, -0.1) is 0 Å². The van der Waals surface area contributed by atoms with Gasteiger partial charge in [-0.05, 0) is 0 Å². The van der Waals surface area contributed by atoms with E-state index in [2.05, 4.69) is 58.0 Å². The van der Waals surface area contributed by atoms with Crippen LogP contribution < -0.4 is 5.32 Å². The van der Waals surface area contributed by atoms with Crippen LogP contribution in [0.2, 0.25) is 0 Å². The normalized spacial score (nSPS) is 18.4. The zero-order valence-electron chi connectivity index (χ0n) is 10.2. The van der Waals surface area contributed by atoms with Crippen LogP contribution in [0.4, 0.5) is 0 Å². The van der Waals surface area contributed by atoms with Gasteiger partial charge >= 0.3 is 104 Å². The Labute approximate surface area is 124 Å². The van der Waals surface area contributed by atoms with Crippen LogP contribution in [-0.2, 0) is 34.0 Å². The molecule has 0 aromatic carbocycles. The second kappa shape index (κ2) is 11.2. The smallest absolute Gasteiger partial charge is 0.0683 e. The van der Waals surface area contributed by atoms with E-state index in [1.54, 1.807) is 0 Å². The first-order valence-electron chi connectivity index (χ1n) is 5.50. The van der Waals surface area contributed by atoms with Crippen LogP contribution in [0.1, 0.15) is 41.0 Å². The molecule has 0 spiro atoms. The van der Waals surface area contributed by atoms with Gasteiger partial charge in [-0.25, -0.2) is 0 Å². The first-order chi connectivity index (χ1) is 7.63. The maximum Gasteiger partial charge on any atom is -0.0683 e. The maximum atomic E-state index is 4.10. The van der Waals surface area contributed by atoms with Crippen LogP contribution in [0.15, 0.2) is 36.0 Å². The molecule has 0 saturated carbocycles. The van der Waals surface area contributed by atoms with Crippen LogP contribution in [0, 0.1) is 0 Å². The summed E-state index contributed by atoms with van der Waals surface area (Å²) in [5, 5.41) is 3.33. The zero-order chi connectivity index (χ0) is 12.6. The average Bonchev–Trinajstić information content (AvgIpc) is 2.37. The summed E-state index contributed by atoms with van der Waals surface area (Å²) in [6.07, 6.45) is 8.11. The summed E-state index contributed by atoms with van der Waals surface area (Å²) in [6.45, 7) is 10.1. The SMILES string of the molecule is C.C=C1C[C](=[V])N[C](=[V])C/C1=C/C=C\C.CC. The third-order valence-corrected chi connectivity index (χ3v) is 2.81. The summed E-state index contributed by atoms with van der Waals surface area (Å²) in [6, 6.07) is 0. The molecule has 1 rings (SSSR count). The van der Waals surface area contributed by atoms with E-state index in [-0.39, 0.29) is 7.43 Å². The Balaban J connectivity index is 0. The number of hydrogen-bond acceptors (Lipinski definition) is 1. The van der Waals surface area contributed by atoms with Crippen molar-refractivity contribution in [3.63, 3.8) is 0 Å². The molecule has 0 aromatic heterocycles. The molecule has 1 nitrogen and oxygen atoms in total. The van der Waals surface area contributed by atoms with Gasteiger partial charge in [-0.3, -0.25) is 0 Å². The molecule has 1 heterocycles. The fourth-order valence-corrected chi connectivity index (χ4v) is 2.48. The summed E-state index contributed by atoms with van der Waals surface area (Å²) in [5.41, 5.74) is 2.51. The van der Waals surface area contributed by atoms with E-state index >= 15 is 0 Å². The van der Waals surface area contributed by atoms with E-state index in [0.29, 0.717) is 0 Å². The molecule has 3 heteroatoms. The molecular weight excluding hydrogens is 284 g/mol. The van der Waals surface area contributed by atoms with Crippen LogP contribution in [-0.4, -0.2) is 8.70 Å². The third kappa shape index (κ3) is 7.91. The molecule has 1 N–H and O–H groups in total. The molecule has 0 atom stereocenters. The molecule has 0 amide bonds. The maximum absolute atomic E-state index is 4.10. The van der Waals surface area contributed by atoms with Crippen LogP contribution in [0.3, 0.4) is 0 Å². The van der Waals surface area contributed by atoms with Gasteiger partial charge in [0.15, 0.2) is 0 Å². The molecule has 0 aromatic rings. The van der Waals surface area contributed by atoms with Gasteiger partial charge in [0, 0.05) is 0 Å². The van der Waals surface area contributed by atoms with Gasteiger partial charge in [0.1, 0.15) is 0 Å². The quantitative estimate of drug-likeness (QED) is 0.782. The topological polar surface area (TPSA) is 12.0 Å². The van der Waals surface area contributed by atoms with Gasteiger partial charge in [-0.2, -0.15) is 0 Å². The first-order valence-corrected chi connectivity index (χ1v) is 6.89. The van der Waals surface area contributed by atoms with Crippen LogP contribution in [0.25, 0.3) is 0 Å². The summed E-state index contributed by atoms with van der Waals surface area (Å²) < 4.78 is 2.43. The minimum atomic E-state index is 0. The van der Waals surface area contributed by atoms with Crippen molar-refractivity contribution in [2.75, 3.05) is 0 Å². The Morgan fingerprint density at radius 3 is 2.24 bits per heavy atom. The molecule has 0 radical (unpaired) electrons. The fourth-order valence-electron chi connectivity index (χ4n) is 1.27. The van der Waals surface area contributed by atoms with Gasteiger partial charge < -0.3 is 0 Å². The van der Waals surface area contributed by atoms with Crippen LogP contribution >= 0.6 is 0 Å². The molecule has 94 valence electrons. The van der Waals surface area contributed by atoms with Gasteiger partial charge in [0.2, 0.25) is 0 Å². The number of hydrogen-bond donors (Lipinski definition) is 1. The van der Waals surface area contributed by atoms with Gasteiger partial charge in [-0.1, -0.05) is 21.3 Å². The van der Waals surface area contributed by atoms with Crippen molar-refractivity contribution in [1.82, 2.24) is 5.32 Å². The Morgan fingerprint density at radius 1 is 1.18 bits per heavy atom. The van der Waals surface area contributed by atoms with E-state index in [1.165, 1.54) is 19.8 Å². The first kappa shape index (κ1) is 19.4. The standard InChI is InChI=1S/C11H13N.C2H6.CH4.2V/c1-3-4-5-11-7-9-12-8-6-10(11)2;1-2;;;/h3-5,12H,2,6-7H2,1H3;1-2H3;1H4;;/b4-3-,11-5-;;;;. The predicted molar refractivity (Wildman–Crippen MR) is 72.5 cm³/mol. The van der Waals surface area contributed by atoms with Crippen molar-refractivity contribution < 1.29 is 34.0 Å². The third-order valence-electron chi connectivity index (χ3n) is 1.97. The van der Waals surface area contributed by atoms with Crippen molar-refractivity contribution in [2.24, 2.45) is 0 Å². The molecule has 0 bridgehead atoms. The molecule has 0 aliphatic carbocycles. The molecule has 17 heavy (non-hydrogen) atoms. The molecule has 1 saturated heterocycles. The Kier molecular flexibility index (Phi) is 12.8. The van der Waals surface area contributed by atoms with Crippen molar-refractivity contribution in [3.8, 4) is 0 Å². The van der Waals surface area contributed by atoms with E-state index < -0.39 is 0 Å². The number of nitrogens with one attached hydrogen (secondary N) is 1. The van der Waals surface area contributed by atoms with E-state index in [1.807, 2.05) is 26.8 Å². The zero-order valence-corrected chi connectivity index (χ0v) is 13.0. The average molecular weight is 307 g/mol. The van der Waals surface area contributed by atoms with E-state index in [4.69, 9.17) is 0 Å². The largest absolute Gasteiger partial charge is 0.0683 e. The minimum absolute atomic E-state index is 0. The fraction of sp³-hybridized carbons (Fsp3) is 0.429. The summed E-state index contributed by atoms with van der Waals surface area (Å²) in [5.74, 6) is 0. The van der Waals surface area contributed by atoms with E-state index in [9.17, 15) is 0 Å². The molecule has 0 unspecified atom stereocenters. The second-order valence-corrected chi connectivity index (χ2v) is 4.88.